The molecule has 4 N–H and O–H groups in total. The Morgan fingerprint density at radius 3 is 2.59 bits per heavy atom. The van der Waals surface area contributed by atoms with E-state index >= 15 is 0 Å². The van der Waals surface area contributed by atoms with Crippen molar-refractivity contribution in [2.45, 2.75) is 12.5 Å². The van der Waals surface area contributed by atoms with Gasteiger partial charge in [-0.2, -0.15) is 0 Å². The van der Waals surface area contributed by atoms with Gasteiger partial charge in [-0.25, -0.2) is 4.79 Å². The number of carbonyl (C=O) groups is 2. The number of rotatable bonds is 6. The fourth-order valence-corrected chi connectivity index (χ4v) is 1.60. The van der Waals surface area contributed by atoms with E-state index in [1.165, 1.54) is 0 Å². The molecule has 98 valence electrons. The Labute approximate surface area is 99.8 Å². The lowest BCUT2D eigenvalue weighted by atomic mass is 10.2. The molecular weight excluding hydrogens is 226 g/mol. The summed E-state index contributed by atoms with van der Waals surface area (Å²) in [4.78, 5) is 23.8. The van der Waals surface area contributed by atoms with Gasteiger partial charge in [-0.15, -0.1) is 0 Å². The van der Waals surface area contributed by atoms with Crippen molar-refractivity contribution in [2.24, 2.45) is 0 Å². The van der Waals surface area contributed by atoms with Gasteiger partial charge in [0, 0.05) is 39.1 Å². The first-order chi connectivity index (χ1) is 8.09. The summed E-state index contributed by atoms with van der Waals surface area (Å²) in [5.74, 6) is -1.40. The number of aliphatic carboxylic acids is 1. The van der Waals surface area contributed by atoms with Crippen LogP contribution in [0.2, 0.25) is 0 Å². The number of nitrogens with one attached hydrogen (secondary N) is 2. The van der Waals surface area contributed by atoms with E-state index in [-0.39, 0.29) is 18.9 Å². The van der Waals surface area contributed by atoms with Crippen LogP contribution < -0.4 is 10.6 Å². The molecule has 1 fully saturated rings. The van der Waals surface area contributed by atoms with Gasteiger partial charge in [0.15, 0.2) is 6.10 Å². The van der Waals surface area contributed by atoms with Crippen molar-refractivity contribution in [1.82, 2.24) is 15.5 Å². The van der Waals surface area contributed by atoms with Crippen LogP contribution >= 0.6 is 0 Å². The van der Waals surface area contributed by atoms with Crippen LogP contribution in [0.15, 0.2) is 0 Å². The Morgan fingerprint density at radius 2 is 2.00 bits per heavy atom. The highest BCUT2D eigenvalue weighted by molar-refractivity contribution is 5.78. The molecule has 1 saturated heterocycles. The normalized spacial score (nSPS) is 18.6. The summed E-state index contributed by atoms with van der Waals surface area (Å²) in [7, 11) is 0. The predicted octanol–water partition coefficient (Wildman–Crippen LogP) is -2.16. The minimum Gasteiger partial charge on any atom is -0.479 e. The molecule has 7 nitrogen and oxygen atoms in total. The highest BCUT2D eigenvalue weighted by Crippen LogP contribution is 1.92. The van der Waals surface area contributed by atoms with E-state index in [2.05, 4.69) is 10.6 Å². The molecule has 1 amide bonds. The molecule has 1 heterocycles. The summed E-state index contributed by atoms with van der Waals surface area (Å²) in [6.07, 6.45) is -1.38. The zero-order valence-electron chi connectivity index (χ0n) is 9.69. The van der Waals surface area contributed by atoms with Crippen LogP contribution in [-0.2, 0) is 9.59 Å². The van der Waals surface area contributed by atoms with Crippen molar-refractivity contribution < 1.29 is 19.8 Å². The summed E-state index contributed by atoms with van der Waals surface area (Å²) in [6.45, 7) is 3.94. The maximum Gasteiger partial charge on any atom is 0.332 e. The fraction of sp³-hybridized carbons (Fsp3) is 0.800. The van der Waals surface area contributed by atoms with Gasteiger partial charge in [-0.05, 0) is 0 Å². The lowest BCUT2D eigenvalue weighted by molar-refractivity contribution is -0.147. The number of piperazine rings is 1. The number of carbonyl (C=O) groups excluding carboxylic acids is 1. The van der Waals surface area contributed by atoms with Gasteiger partial charge < -0.3 is 20.8 Å². The van der Waals surface area contributed by atoms with Gasteiger partial charge in [0.25, 0.3) is 0 Å². The summed E-state index contributed by atoms with van der Waals surface area (Å²) >= 11 is 0. The van der Waals surface area contributed by atoms with E-state index in [1.54, 1.807) is 0 Å². The third-order valence-corrected chi connectivity index (χ3v) is 2.60. The topological polar surface area (TPSA) is 102 Å². The fourth-order valence-electron chi connectivity index (χ4n) is 1.60. The summed E-state index contributed by atoms with van der Waals surface area (Å²) in [5.41, 5.74) is 0. The van der Waals surface area contributed by atoms with E-state index in [1.807, 2.05) is 4.90 Å². The van der Waals surface area contributed by atoms with Gasteiger partial charge in [-0.1, -0.05) is 0 Å². The van der Waals surface area contributed by atoms with Crippen molar-refractivity contribution in [2.75, 3.05) is 39.3 Å². The van der Waals surface area contributed by atoms with Gasteiger partial charge in [0.2, 0.25) is 5.91 Å². The quantitative estimate of drug-likeness (QED) is 0.425. The van der Waals surface area contributed by atoms with Crippen molar-refractivity contribution in [3.63, 3.8) is 0 Å². The number of carboxylic acids is 1. The van der Waals surface area contributed by atoms with Crippen LogP contribution in [0.5, 0.6) is 0 Å². The standard InChI is InChI=1S/C10H19N3O4/c14-8(10(16)17)1-2-12-9(15)7-13-5-3-11-4-6-13/h8,11,14H,1-7H2,(H,12,15)(H,16,17). The Hall–Kier alpha value is -1.18. The minimum absolute atomic E-state index is 0.0304. The molecule has 0 radical (unpaired) electrons. The van der Waals surface area contributed by atoms with E-state index in [0.717, 1.165) is 26.2 Å². The van der Waals surface area contributed by atoms with E-state index in [4.69, 9.17) is 10.2 Å². The lowest BCUT2D eigenvalue weighted by Crippen LogP contribution is -2.47. The molecule has 0 aliphatic carbocycles. The van der Waals surface area contributed by atoms with E-state index in [9.17, 15) is 9.59 Å². The average molecular weight is 245 g/mol. The molecule has 0 aromatic rings. The zero-order chi connectivity index (χ0) is 12.7. The van der Waals surface area contributed by atoms with Crippen molar-refractivity contribution in [3.8, 4) is 0 Å². The summed E-state index contributed by atoms with van der Waals surface area (Å²) < 4.78 is 0. The number of aliphatic hydroxyl groups is 1. The number of carboxylic acid groups (broad SMARTS) is 1. The molecule has 1 unspecified atom stereocenters. The van der Waals surface area contributed by atoms with Crippen LogP contribution in [0.4, 0.5) is 0 Å². The molecule has 0 saturated carbocycles. The molecule has 7 heteroatoms. The van der Waals surface area contributed by atoms with Crippen molar-refractivity contribution >= 4 is 11.9 Å². The van der Waals surface area contributed by atoms with Gasteiger partial charge in [-0.3, -0.25) is 9.69 Å². The average Bonchev–Trinajstić information content (AvgIpc) is 2.30. The van der Waals surface area contributed by atoms with Gasteiger partial charge >= 0.3 is 5.97 Å². The van der Waals surface area contributed by atoms with Gasteiger partial charge in [0.1, 0.15) is 0 Å². The largest absolute Gasteiger partial charge is 0.479 e. The first kappa shape index (κ1) is 13.9. The van der Waals surface area contributed by atoms with Gasteiger partial charge in [0.05, 0.1) is 6.54 Å². The maximum absolute atomic E-state index is 11.5. The minimum atomic E-state index is -1.41. The number of aliphatic hydroxyl groups excluding tert-OH is 1. The number of amides is 1. The Morgan fingerprint density at radius 1 is 1.35 bits per heavy atom. The molecule has 1 atom stereocenters. The second-order valence-corrected chi connectivity index (χ2v) is 4.02. The van der Waals surface area contributed by atoms with Crippen LogP contribution in [-0.4, -0.2) is 72.4 Å². The second kappa shape index (κ2) is 7.21. The second-order valence-electron chi connectivity index (χ2n) is 4.02. The van der Waals surface area contributed by atoms with Crippen molar-refractivity contribution in [3.05, 3.63) is 0 Å². The molecular formula is C10H19N3O4. The third-order valence-electron chi connectivity index (χ3n) is 2.60. The first-order valence-corrected chi connectivity index (χ1v) is 5.70. The zero-order valence-corrected chi connectivity index (χ0v) is 9.69. The van der Waals surface area contributed by atoms with E-state index in [0.29, 0.717) is 6.54 Å². The SMILES string of the molecule is O=C(CN1CCNCC1)NCCC(O)C(=O)O. The summed E-state index contributed by atoms with van der Waals surface area (Å²) in [5, 5.41) is 23.2. The first-order valence-electron chi connectivity index (χ1n) is 5.70. The highest BCUT2D eigenvalue weighted by Gasteiger charge is 2.15. The maximum atomic E-state index is 11.5. The molecule has 0 aromatic heterocycles. The van der Waals surface area contributed by atoms with E-state index < -0.39 is 12.1 Å². The third kappa shape index (κ3) is 5.62. The molecule has 1 rings (SSSR count). The highest BCUT2D eigenvalue weighted by atomic mass is 16.4. The smallest absolute Gasteiger partial charge is 0.332 e. The number of hydrogen-bond acceptors (Lipinski definition) is 5. The number of nitrogens with zero attached hydrogens (tertiary/aromatic N) is 1. The molecule has 0 aromatic carbocycles. The Bertz CT molecular complexity index is 266. The molecule has 0 bridgehead atoms. The van der Waals surface area contributed by atoms with Crippen LogP contribution in [0.25, 0.3) is 0 Å². The molecule has 0 spiro atoms. The molecule has 17 heavy (non-hydrogen) atoms. The molecule has 1 aliphatic rings. The van der Waals surface area contributed by atoms with Crippen LogP contribution in [0, 0.1) is 0 Å². The molecule has 1 aliphatic heterocycles. The van der Waals surface area contributed by atoms with Crippen molar-refractivity contribution in [1.29, 1.82) is 0 Å². The Kier molecular flexibility index (Phi) is 5.88. The number of hydrogen-bond donors (Lipinski definition) is 4. The summed E-state index contributed by atoms with van der Waals surface area (Å²) in [6, 6.07) is 0. The lowest BCUT2D eigenvalue weighted by Gasteiger charge is -2.26. The van der Waals surface area contributed by atoms with Crippen LogP contribution in [0.3, 0.4) is 0 Å². The van der Waals surface area contributed by atoms with Crippen LogP contribution in [0.1, 0.15) is 6.42 Å². The predicted molar refractivity (Wildman–Crippen MR) is 60.6 cm³/mol. The monoisotopic (exact) mass is 245 g/mol. The Balaban J connectivity index is 2.10.